The molecule has 0 aliphatic heterocycles. The Morgan fingerprint density at radius 1 is 1.62 bits per heavy atom. The van der Waals surface area contributed by atoms with Crippen LogP contribution in [-0.4, -0.2) is 16.5 Å². The quantitative estimate of drug-likeness (QED) is 0.835. The Labute approximate surface area is 92.7 Å². The number of hydrogen-bond acceptors (Lipinski definition) is 2. The van der Waals surface area contributed by atoms with Gasteiger partial charge >= 0.3 is 0 Å². The van der Waals surface area contributed by atoms with Gasteiger partial charge in [-0.1, -0.05) is 13.8 Å². The molecule has 0 bridgehead atoms. The van der Waals surface area contributed by atoms with Crippen molar-refractivity contribution in [3.05, 3.63) is 15.7 Å². The van der Waals surface area contributed by atoms with Crippen LogP contribution in [0.3, 0.4) is 0 Å². The van der Waals surface area contributed by atoms with Gasteiger partial charge in [-0.05, 0) is 42.0 Å². The predicted molar refractivity (Wildman–Crippen MR) is 62.6 cm³/mol. The van der Waals surface area contributed by atoms with Gasteiger partial charge in [0.25, 0.3) is 0 Å². The number of rotatable bonds is 4. The van der Waals surface area contributed by atoms with Gasteiger partial charge in [-0.2, -0.15) is 0 Å². The van der Waals surface area contributed by atoms with Crippen molar-refractivity contribution in [1.82, 2.24) is 9.97 Å². The van der Waals surface area contributed by atoms with E-state index >= 15 is 0 Å². The van der Waals surface area contributed by atoms with Crippen molar-refractivity contribution >= 4 is 22.6 Å². The van der Waals surface area contributed by atoms with Crippen molar-refractivity contribution in [3.8, 4) is 0 Å². The molecule has 0 saturated heterocycles. The third kappa shape index (κ3) is 2.95. The van der Waals surface area contributed by atoms with E-state index in [9.17, 15) is 0 Å². The highest BCUT2D eigenvalue weighted by Gasteiger charge is 2.22. The maximum Gasteiger partial charge on any atom is 0.112 e. The summed E-state index contributed by atoms with van der Waals surface area (Å²) in [7, 11) is 0. The van der Waals surface area contributed by atoms with Crippen LogP contribution in [0.15, 0.2) is 6.20 Å². The van der Waals surface area contributed by atoms with E-state index in [0.29, 0.717) is 0 Å². The third-order valence-corrected chi connectivity index (χ3v) is 2.74. The molecule has 13 heavy (non-hydrogen) atoms. The summed E-state index contributed by atoms with van der Waals surface area (Å²) in [5.74, 6) is 1.06. The van der Waals surface area contributed by atoms with Crippen molar-refractivity contribution in [3.63, 3.8) is 0 Å². The molecule has 0 unspecified atom stereocenters. The van der Waals surface area contributed by atoms with Crippen molar-refractivity contribution in [2.45, 2.75) is 32.1 Å². The first kappa shape index (κ1) is 11.0. The highest BCUT2D eigenvalue weighted by Crippen LogP contribution is 2.25. The van der Waals surface area contributed by atoms with Crippen molar-refractivity contribution in [1.29, 1.82) is 0 Å². The van der Waals surface area contributed by atoms with Gasteiger partial charge in [0.2, 0.25) is 0 Å². The van der Waals surface area contributed by atoms with Crippen molar-refractivity contribution in [2.24, 2.45) is 5.73 Å². The van der Waals surface area contributed by atoms with Crippen LogP contribution in [0.2, 0.25) is 0 Å². The molecular formula is C9H16IN3. The Morgan fingerprint density at radius 2 is 2.31 bits per heavy atom. The number of halogens is 1. The van der Waals surface area contributed by atoms with Crippen LogP contribution >= 0.6 is 22.6 Å². The smallest absolute Gasteiger partial charge is 0.112 e. The lowest BCUT2D eigenvalue weighted by atomic mass is 9.87. The number of nitrogens with zero attached hydrogens (tertiary/aromatic N) is 1. The summed E-state index contributed by atoms with van der Waals surface area (Å²) in [6, 6.07) is 0. The van der Waals surface area contributed by atoms with E-state index in [4.69, 9.17) is 5.73 Å². The van der Waals surface area contributed by atoms with E-state index in [-0.39, 0.29) is 5.41 Å². The number of aromatic nitrogens is 2. The summed E-state index contributed by atoms with van der Waals surface area (Å²) in [6.07, 6.45) is 3.98. The molecule has 0 fully saturated rings. The second-order valence-electron chi connectivity index (χ2n) is 3.86. The molecule has 3 nitrogen and oxygen atoms in total. The molecule has 0 radical (unpaired) electrons. The van der Waals surface area contributed by atoms with E-state index in [1.165, 1.54) is 0 Å². The van der Waals surface area contributed by atoms with Crippen LogP contribution in [-0.2, 0) is 5.41 Å². The van der Waals surface area contributed by atoms with E-state index in [0.717, 1.165) is 28.9 Å². The third-order valence-electron chi connectivity index (χ3n) is 2.19. The summed E-state index contributed by atoms with van der Waals surface area (Å²) in [4.78, 5) is 7.60. The van der Waals surface area contributed by atoms with E-state index < -0.39 is 0 Å². The van der Waals surface area contributed by atoms with Crippen molar-refractivity contribution in [2.75, 3.05) is 6.54 Å². The molecule has 0 aliphatic rings. The van der Waals surface area contributed by atoms with Crippen LogP contribution in [0.5, 0.6) is 0 Å². The minimum absolute atomic E-state index is 0.114. The predicted octanol–water partition coefficient (Wildman–Crippen LogP) is 2.03. The average molecular weight is 293 g/mol. The largest absolute Gasteiger partial charge is 0.337 e. The minimum Gasteiger partial charge on any atom is -0.337 e. The summed E-state index contributed by atoms with van der Waals surface area (Å²) < 4.78 is 1.09. The highest BCUT2D eigenvalue weighted by molar-refractivity contribution is 14.1. The summed E-state index contributed by atoms with van der Waals surface area (Å²) in [5, 5.41) is 0. The molecule has 4 heteroatoms. The lowest BCUT2D eigenvalue weighted by Crippen LogP contribution is -2.20. The molecule has 0 saturated carbocycles. The van der Waals surface area contributed by atoms with Gasteiger partial charge in [0.1, 0.15) is 5.82 Å². The van der Waals surface area contributed by atoms with Crippen LogP contribution < -0.4 is 5.73 Å². The average Bonchev–Trinajstić information content (AvgIpc) is 2.49. The zero-order chi connectivity index (χ0) is 9.90. The normalized spacial score (nSPS) is 12.0. The van der Waals surface area contributed by atoms with Gasteiger partial charge in [0.15, 0.2) is 0 Å². The van der Waals surface area contributed by atoms with Gasteiger partial charge in [-0.3, -0.25) is 0 Å². The molecule has 0 aromatic carbocycles. The Hall–Kier alpha value is -0.100. The molecule has 1 aromatic heterocycles. The van der Waals surface area contributed by atoms with Crippen LogP contribution in [0.25, 0.3) is 0 Å². The van der Waals surface area contributed by atoms with Crippen LogP contribution in [0, 0.1) is 3.70 Å². The van der Waals surface area contributed by atoms with Gasteiger partial charge in [0.05, 0.1) is 9.90 Å². The SMILES string of the molecule is CC(C)(CCCN)c1ncc(I)[nH]1. The van der Waals surface area contributed by atoms with Gasteiger partial charge in [0, 0.05) is 5.41 Å². The molecule has 0 atom stereocenters. The molecule has 0 spiro atoms. The number of nitrogens with one attached hydrogen (secondary N) is 1. The van der Waals surface area contributed by atoms with Gasteiger partial charge in [-0.15, -0.1) is 0 Å². The number of nitrogens with two attached hydrogens (primary N) is 1. The first-order valence-electron chi connectivity index (χ1n) is 4.47. The molecular weight excluding hydrogens is 277 g/mol. The van der Waals surface area contributed by atoms with Crippen LogP contribution in [0.4, 0.5) is 0 Å². The first-order chi connectivity index (χ1) is 6.06. The summed E-state index contributed by atoms with van der Waals surface area (Å²) in [5.41, 5.74) is 5.60. The van der Waals surface area contributed by atoms with Crippen LogP contribution in [0.1, 0.15) is 32.5 Å². The van der Waals surface area contributed by atoms with E-state index in [1.807, 2.05) is 6.20 Å². The fourth-order valence-electron chi connectivity index (χ4n) is 1.31. The highest BCUT2D eigenvalue weighted by atomic mass is 127. The molecule has 1 rings (SSSR count). The second-order valence-corrected chi connectivity index (χ2v) is 5.02. The number of H-pyrrole nitrogens is 1. The Kier molecular flexibility index (Phi) is 3.73. The Bertz CT molecular complexity index is 268. The summed E-state index contributed by atoms with van der Waals surface area (Å²) in [6.45, 7) is 5.14. The number of hydrogen-bond donors (Lipinski definition) is 2. The molecule has 1 heterocycles. The monoisotopic (exact) mass is 293 g/mol. The topological polar surface area (TPSA) is 54.7 Å². The van der Waals surface area contributed by atoms with E-state index in [2.05, 4.69) is 46.4 Å². The zero-order valence-electron chi connectivity index (χ0n) is 8.10. The van der Waals surface area contributed by atoms with E-state index in [1.54, 1.807) is 0 Å². The molecule has 0 aliphatic carbocycles. The minimum atomic E-state index is 0.114. The lowest BCUT2D eigenvalue weighted by Gasteiger charge is -2.21. The first-order valence-corrected chi connectivity index (χ1v) is 5.55. The van der Waals surface area contributed by atoms with Gasteiger partial charge < -0.3 is 10.7 Å². The van der Waals surface area contributed by atoms with Crippen molar-refractivity contribution < 1.29 is 0 Å². The molecule has 3 N–H and O–H groups in total. The molecule has 1 aromatic rings. The fourth-order valence-corrected chi connectivity index (χ4v) is 1.70. The second kappa shape index (κ2) is 4.41. The number of aromatic amines is 1. The lowest BCUT2D eigenvalue weighted by molar-refractivity contribution is 0.441. The number of imidazole rings is 1. The standard InChI is InChI=1S/C9H16IN3/c1-9(2,4-3-5-11)8-12-6-7(10)13-8/h6H,3-5,11H2,1-2H3,(H,12,13). The molecule has 74 valence electrons. The molecule has 0 amide bonds. The maximum absolute atomic E-state index is 5.49. The fraction of sp³-hybridized carbons (Fsp3) is 0.667. The Morgan fingerprint density at radius 3 is 2.77 bits per heavy atom. The summed E-state index contributed by atoms with van der Waals surface area (Å²) >= 11 is 2.24. The zero-order valence-corrected chi connectivity index (χ0v) is 10.3. The van der Waals surface area contributed by atoms with Gasteiger partial charge in [-0.25, -0.2) is 4.98 Å². The Balaban J connectivity index is 2.68. The maximum atomic E-state index is 5.49.